The van der Waals surface area contributed by atoms with Crippen LogP contribution in [0, 0.1) is 5.82 Å². The number of likely N-dealkylation sites (tertiary alicyclic amines) is 1. The van der Waals surface area contributed by atoms with Gasteiger partial charge in [-0.15, -0.1) is 0 Å². The molecule has 3 aromatic carbocycles. The molecule has 0 aromatic heterocycles. The lowest BCUT2D eigenvalue weighted by Crippen LogP contribution is -2.26. The lowest BCUT2D eigenvalue weighted by molar-refractivity contribution is -0.00629. The van der Waals surface area contributed by atoms with Crippen molar-refractivity contribution < 1.29 is 27.7 Å². The van der Waals surface area contributed by atoms with E-state index >= 15 is 4.39 Å². The highest BCUT2D eigenvalue weighted by atomic mass is 19.3. The number of rotatable bonds is 10. The van der Waals surface area contributed by atoms with Crippen LogP contribution < -0.4 is 14.4 Å². The number of allylic oxidation sites excluding steroid dienone is 1. The summed E-state index contributed by atoms with van der Waals surface area (Å²) in [4.78, 5) is 6.24. The average Bonchev–Trinajstić information content (AvgIpc) is 3.31. The van der Waals surface area contributed by atoms with E-state index in [0.29, 0.717) is 30.8 Å². The molecular formula is C32H34F3NO3. The molecular weight excluding hydrogens is 503 g/mol. The van der Waals surface area contributed by atoms with E-state index in [1.54, 1.807) is 24.3 Å². The van der Waals surface area contributed by atoms with Gasteiger partial charge in [0.15, 0.2) is 5.75 Å². The SMILES string of the molecule is CCOc1ccc(C2=C(c3ccc(O[C@H]4CCN(CCCF)C4)cc3)c3ccc(OF)cc3CCC2)c(F)c1. The number of ether oxygens (including phenoxy) is 2. The maximum absolute atomic E-state index is 15.4. The van der Waals surface area contributed by atoms with Crippen LogP contribution in [0.4, 0.5) is 13.3 Å². The summed E-state index contributed by atoms with van der Waals surface area (Å²) >= 11 is 0. The van der Waals surface area contributed by atoms with E-state index < -0.39 is 0 Å². The fraction of sp³-hybridized carbons (Fsp3) is 0.375. The van der Waals surface area contributed by atoms with E-state index in [4.69, 9.17) is 9.47 Å². The normalized spacial score (nSPS) is 17.6. The second-order valence-corrected chi connectivity index (χ2v) is 10.1. The Kier molecular flexibility index (Phi) is 8.77. The molecule has 1 atom stereocenters. The zero-order valence-electron chi connectivity index (χ0n) is 22.2. The van der Waals surface area contributed by atoms with Crippen molar-refractivity contribution in [2.75, 3.05) is 32.9 Å². The predicted molar refractivity (Wildman–Crippen MR) is 147 cm³/mol. The molecule has 0 bridgehead atoms. The molecule has 0 spiro atoms. The molecule has 2 aliphatic rings. The van der Waals surface area contributed by atoms with Crippen LogP contribution in [-0.4, -0.2) is 43.9 Å². The highest BCUT2D eigenvalue weighted by Crippen LogP contribution is 2.42. The first-order valence-corrected chi connectivity index (χ1v) is 13.7. The Hall–Kier alpha value is -3.45. The lowest BCUT2D eigenvalue weighted by atomic mass is 9.87. The molecule has 4 nitrogen and oxygen atoms in total. The van der Waals surface area contributed by atoms with Crippen molar-refractivity contribution in [1.29, 1.82) is 0 Å². The summed E-state index contributed by atoms with van der Waals surface area (Å²) in [6.07, 6.45) is 3.70. The van der Waals surface area contributed by atoms with Crippen LogP contribution >= 0.6 is 0 Å². The van der Waals surface area contributed by atoms with Crippen molar-refractivity contribution in [3.63, 3.8) is 0 Å². The summed E-state index contributed by atoms with van der Waals surface area (Å²) < 4.78 is 52.7. The summed E-state index contributed by atoms with van der Waals surface area (Å²) in [6.45, 7) is 4.49. The quantitative estimate of drug-likeness (QED) is 0.267. The van der Waals surface area contributed by atoms with Gasteiger partial charge in [0.25, 0.3) is 0 Å². The van der Waals surface area contributed by atoms with Crippen molar-refractivity contribution in [3.05, 3.63) is 88.7 Å². The summed E-state index contributed by atoms with van der Waals surface area (Å²) in [7, 11) is 0. The average molecular weight is 538 g/mol. The van der Waals surface area contributed by atoms with Gasteiger partial charge >= 0.3 is 0 Å². The third kappa shape index (κ3) is 6.25. The van der Waals surface area contributed by atoms with Crippen molar-refractivity contribution in [2.45, 2.75) is 45.1 Å². The molecule has 3 aromatic rings. The smallest absolute Gasteiger partial charge is 0.172 e. The Morgan fingerprint density at radius 1 is 0.923 bits per heavy atom. The van der Waals surface area contributed by atoms with E-state index in [9.17, 15) is 8.92 Å². The Bertz CT molecular complexity index is 1310. The van der Waals surface area contributed by atoms with Crippen LogP contribution in [0.2, 0.25) is 0 Å². The van der Waals surface area contributed by atoms with E-state index in [-0.39, 0.29) is 24.3 Å². The topological polar surface area (TPSA) is 30.9 Å². The molecule has 7 heteroatoms. The highest BCUT2D eigenvalue weighted by Gasteiger charge is 2.25. The number of hydrogen-bond acceptors (Lipinski definition) is 4. The molecule has 0 amide bonds. The highest BCUT2D eigenvalue weighted by molar-refractivity contribution is 6.00. The van der Waals surface area contributed by atoms with Crippen molar-refractivity contribution in [3.8, 4) is 17.2 Å². The maximum Gasteiger partial charge on any atom is 0.172 e. The Morgan fingerprint density at radius 3 is 2.44 bits per heavy atom. The monoisotopic (exact) mass is 537 g/mol. The predicted octanol–water partition coefficient (Wildman–Crippen LogP) is 7.60. The number of hydrogen-bond donors (Lipinski definition) is 0. The van der Waals surface area contributed by atoms with Crippen LogP contribution in [0.15, 0.2) is 60.7 Å². The third-order valence-electron chi connectivity index (χ3n) is 7.47. The van der Waals surface area contributed by atoms with E-state index in [1.807, 2.05) is 37.3 Å². The fourth-order valence-electron chi connectivity index (χ4n) is 5.68. The summed E-state index contributed by atoms with van der Waals surface area (Å²) in [5, 5.41) is 0. The first-order valence-electron chi connectivity index (χ1n) is 13.7. The largest absolute Gasteiger partial charge is 0.494 e. The van der Waals surface area contributed by atoms with Gasteiger partial charge in [-0.1, -0.05) is 18.2 Å². The van der Waals surface area contributed by atoms with Crippen LogP contribution in [0.5, 0.6) is 17.2 Å². The first-order chi connectivity index (χ1) is 19.1. The number of fused-ring (bicyclic) bond motifs is 1. The van der Waals surface area contributed by atoms with Gasteiger partial charge in [-0.3, -0.25) is 14.2 Å². The number of benzene rings is 3. The molecule has 0 saturated carbocycles. The van der Waals surface area contributed by atoms with Crippen molar-refractivity contribution in [1.82, 2.24) is 4.90 Å². The number of aryl methyl sites for hydroxylation is 1. The van der Waals surface area contributed by atoms with Gasteiger partial charge in [0.1, 0.15) is 23.4 Å². The van der Waals surface area contributed by atoms with Crippen molar-refractivity contribution in [2.24, 2.45) is 0 Å². The van der Waals surface area contributed by atoms with Gasteiger partial charge in [0.2, 0.25) is 0 Å². The maximum atomic E-state index is 15.4. The lowest BCUT2D eigenvalue weighted by Gasteiger charge is -2.19. The third-order valence-corrected chi connectivity index (χ3v) is 7.47. The van der Waals surface area contributed by atoms with E-state index in [2.05, 4.69) is 9.84 Å². The standard InChI is InChI=1S/C32H34F3NO3/c1-2-37-25-11-14-29(31(34)20-25)30-6-3-5-23-19-26(39-35)12-13-28(23)32(30)22-7-9-24(10-8-22)38-27-15-18-36(21-27)17-4-16-33/h7-14,19-20,27H,2-6,15-18,21H2,1H3/t27-/m0/s1. The van der Waals surface area contributed by atoms with Gasteiger partial charge in [0, 0.05) is 35.8 Å². The molecule has 0 unspecified atom stereocenters. The van der Waals surface area contributed by atoms with E-state index in [1.165, 1.54) is 6.07 Å². The molecule has 0 N–H and O–H groups in total. The van der Waals surface area contributed by atoms with Crippen LogP contribution in [0.1, 0.15) is 54.9 Å². The van der Waals surface area contributed by atoms with Gasteiger partial charge in [-0.05, 0) is 103 Å². The van der Waals surface area contributed by atoms with Crippen LogP contribution in [0.25, 0.3) is 11.1 Å². The Labute approximate surface area is 227 Å². The molecule has 1 fully saturated rings. The van der Waals surface area contributed by atoms with Gasteiger partial charge < -0.3 is 9.47 Å². The molecule has 39 heavy (non-hydrogen) atoms. The molecule has 1 heterocycles. The molecule has 5 rings (SSSR count). The van der Waals surface area contributed by atoms with Crippen LogP contribution in [0.3, 0.4) is 0 Å². The van der Waals surface area contributed by atoms with Crippen molar-refractivity contribution >= 4 is 11.1 Å². The number of nitrogens with zero attached hydrogens (tertiary/aromatic N) is 1. The van der Waals surface area contributed by atoms with E-state index in [0.717, 1.165) is 72.5 Å². The fourth-order valence-corrected chi connectivity index (χ4v) is 5.68. The van der Waals surface area contributed by atoms with Gasteiger partial charge in [-0.25, -0.2) is 4.39 Å². The molecule has 1 aliphatic heterocycles. The molecule has 206 valence electrons. The second-order valence-electron chi connectivity index (χ2n) is 10.1. The Morgan fingerprint density at radius 2 is 1.69 bits per heavy atom. The second kappa shape index (κ2) is 12.6. The zero-order valence-corrected chi connectivity index (χ0v) is 22.2. The number of halogens is 3. The first kappa shape index (κ1) is 27.1. The summed E-state index contributed by atoms with van der Waals surface area (Å²) in [5.41, 5.74) is 5.17. The van der Waals surface area contributed by atoms with Gasteiger partial charge in [0.05, 0.1) is 13.3 Å². The number of alkyl halides is 1. The summed E-state index contributed by atoms with van der Waals surface area (Å²) in [6, 6.07) is 18.1. The Balaban J connectivity index is 1.50. The minimum atomic E-state index is -0.334. The molecule has 1 aliphatic carbocycles. The molecule has 1 saturated heterocycles. The van der Waals surface area contributed by atoms with Crippen LogP contribution in [-0.2, 0) is 6.42 Å². The zero-order chi connectivity index (χ0) is 27.2. The summed E-state index contributed by atoms with van der Waals surface area (Å²) in [5.74, 6) is 1.08. The molecule has 0 radical (unpaired) electrons. The van der Waals surface area contributed by atoms with Gasteiger partial charge in [-0.2, -0.15) is 0 Å². The minimum absolute atomic E-state index is 0.0703. The minimum Gasteiger partial charge on any atom is -0.494 e.